The van der Waals surface area contributed by atoms with Gasteiger partial charge in [-0.3, -0.25) is 14.4 Å². The van der Waals surface area contributed by atoms with Gasteiger partial charge in [-0.25, -0.2) is 0 Å². The molecule has 0 N–H and O–H groups in total. The van der Waals surface area contributed by atoms with Crippen molar-refractivity contribution in [1.82, 2.24) is 0 Å². The molecule has 0 unspecified atom stereocenters. The van der Waals surface area contributed by atoms with Gasteiger partial charge in [-0.05, 0) is 32.6 Å². The number of esters is 1. The van der Waals surface area contributed by atoms with Crippen LogP contribution in [-0.2, 0) is 19.1 Å². The number of Topliss-reactive ketones (excluding diaryl/α,β-unsaturated/α-hetero) is 2. The van der Waals surface area contributed by atoms with Gasteiger partial charge in [0.25, 0.3) is 0 Å². The molecule has 0 aliphatic rings. The second-order valence-electron chi connectivity index (χ2n) is 4.88. The molecule has 0 amide bonds. The zero-order chi connectivity index (χ0) is 13.6. The lowest BCUT2D eigenvalue weighted by Gasteiger charge is -2.28. The van der Waals surface area contributed by atoms with Gasteiger partial charge in [0.2, 0.25) is 0 Å². The van der Waals surface area contributed by atoms with Crippen molar-refractivity contribution in [1.29, 1.82) is 0 Å². The van der Waals surface area contributed by atoms with E-state index in [4.69, 9.17) is 0 Å². The van der Waals surface area contributed by atoms with Crippen molar-refractivity contribution in [2.45, 2.75) is 47.0 Å². The summed E-state index contributed by atoms with van der Waals surface area (Å²) in [6, 6.07) is 0. The fourth-order valence-corrected chi connectivity index (χ4v) is 1.79. The van der Waals surface area contributed by atoms with E-state index in [2.05, 4.69) is 4.74 Å². The van der Waals surface area contributed by atoms with Gasteiger partial charge in [0.15, 0.2) is 0 Å². The Hall–Kier alpha value is -1.19. The van der Waals surface area contributed by atoms with Gasteiger partial charge in [0.1, 0.15) is 11.6 Å². The van der Waals surface area contributed by atoms with Crippen molar-refractivity contribution in [3.63, 3.8) is 0 Å². The predicted molar refractivity (Wildman–Crippen MR) is 64.5 cm³/mol. The molecule has 0 saturated heterocycles. The summed E-state index contributed by atoms with van der Waals surface area (Å²) in [5.41, 5.74) is -1.20. The molecular formula is C13H22O4. The molecule has 17 heavy (non-hydrogen) atoms. The summed E-state index contributed by atoms with van der Waals surface area (Å²) in [6.07, 6.45) is 0.988. The van der Waals surface area contributed by atoms with E-state index in [0.717, 1.165) is 6.42 Å². The quantitative estimate of drug-likeness (QED) is 0.507. The van der Waals surface area contributed by atoms with Crippen LogP contribution in [0.15, 0.2) is 0 Å². The Labute approximate surface area is 103 Å². The molecular weight excluding hydrogens is 220 g/mol. The summed E-state index contributed by atoms with van der Waals surface area (Å²) < 4.78 is 4.57. The summed E-state index contributed by atoms with van der Waals surface area (Å²) in [6.45, 7) is 6.77. The van der Waals surface area contributed by atoms with Crippen LogP contribution in [-0.4, -0.2) is 24.6 Å². The van der Waals surface area contributed by atoms with Crippen LogP contribution in [0.1, 0.15) is 47.0 Å². The second-order valence-corrected chi connectivity index (χ2v) is 4.88. The smallest absolute Gasteiger partial charge is 0.306 e. The topological polar surface area (TPSA) is 60.4 Å². The highest BCUT2D eigenvalue weighted by Gasteiger charge is 2.42. The Kier molecular flexibility index (Phi) is 6.07. The van der Waals surface area contributed by atoms with E-state index in [-0.39, 0.29) is 18.0 Å². The van der Waals surface area contributed by atoms with Crippen LogP contribution in [0.2, 0.25) is 0 Å². The van der Waals surface area contributed by atoms with Crippen molar-refractivity contribution in [2.75, 3.05) is 7.11 Å². The number of carbonyl (C=O) groups is 3. The molecule has 0 aromatic carbocycles. The Morgan fingerprint density at radius 3 is 1.88 bits per heavy atom. The van der Waals surface area contributed by atoms with Crippen LogP contribution in [0.5, 0.6) is 0 Å². The fourth-order valence-electron chi connectivity index (χ4n) is 1.79. The molecule has 0 aromatic rings. The van der Waals surface area contributed by atoms with Crippen LogP contribution >= 0.6 is 0 Å². The molecule has 0 rings (SSSR count). The third kappa shape index (κ3) is 4.29. The molecule has 0 fully saturated rings. The van der Waals surface area contributed by atoms with Crippen LogP contribution < -0.4 is 0 Å². The molecule has 98 valence electrons. The highest BCUT2D eigenvalue weighted by molar-refractivity contribution is 6.07. The first-order valence-electron chi connectivity index (χ1n) is 5.85. The molecule has 0 bridgehead atoms. The first kappa shape index (κ1) is 15.8. The lowest BCUT2D eigenvalue weighted by atomic mass is 9.72. The summed E-state index contributed by atoms with van der Waals surface area (Å²) >= 11 is 0. The number of carbonyl (C=O) groups excluding carboxylic acids is 3. The van der Waals surface area contributed by atoms with Crippen LogP contribution in [0.25, 0.3) is 0 Å². The minimum atomic E-state index is -1.20. The molecule has 0 aromatic heterocycles. The van der Waals surface area contributed by atoms with Gasteiger partial charge in [-0.2, -0.15) is 0 Å². The maximum absolute atomic E-state index is 11.7. The average molecular weight is 242 g/mol. The van der Waals surface area contributed by atoms with Crippen molar-refractivity contribution in [3.8, 4) is 0 Å². The Morgan fingerprint density at radius 1 is 1.12 bits per heavy atom. The molecule has 0 heterocycles. The normalized spacial score (nSPS) is 11.4. The molecule has 0 spiro atoms. The lowest BCUT2D eigenvalue weighted by Crippen LogP contribution is -2.39. The summed E-state index contributed by atoms with van der Waals surface area (Å²) in [7, 11) is 1.26. The van der Waals surface area contributed by atoms with Crippen molar-refractivity contribution < 1.29 is 19.1 Å². The predicted octanol–water partition coefficient (Wildman–Crippen LogP) is 2.15. The molecule has 4 heteroatoms. The zero-order valence-corrected chi connectivity index (χ0v) is 11.3. The monoisotopic (exact) mass is 242 g/mol. The Balaban J connectivity index is 5.07. The van der Waals surface area contributed by atoms with Gasteiger partial charge >= 0.3 is 5.97 Å². The van der Waals surface area contributed by atoms with Crippen LogP contribution in [0.3, 0.4) is 0 Å². The summed E-state index contributed by atoms with van der Waals surface area (Å²) in [5, 5.41) is 0. The maximum Gasteiger partial charge on any atom is 0.306 e. The highest BCUT2D eigenvalue weighted by Crippen LogP contribution is 2.32. The van der Waals surface area contributed by atoms with E-state index in [0.29, 0.717) is 12.3 Å². The van der Waals surface area contributed by atoms with E-state index in [1.165, 1.54) is 21.0 Å². The standard InChI is InChI=1S/C13H22O4/c1-9(2)6-7-13(10(3)14,11(4)15)8-12(16)17-5/h9H,6-8H2,1-5H3. The number of ketones is 2. The highest BCUT2D eigenvalue weighted by atomic mass is 16.5. The summed E-state index contributed by atoms with van der Waals surface area (Å²) in [5.74, 6) is -0.642. The van der Waals surface area contributed by atoms with Crippen LogP contribution in [0.4, 0.5) is 0 Å². The van der Waals surface area contributed by atoms with Crippen LogP contribution in [0, 0.1) is 11.3 Å². The SMILES string of the molecule is COC(=O)CC(CCC(C)C)(C(C)=O)C(C)=O. The lowest BCUT2D eigenvalue weighted by molar-refractivity contribution is -0.152. The minimum absolute atomic E-state index is 0.152. The summed E-state index contributed by atoms with van der Waals surface area (Å²) in [4.78, 5) is 34.8. The van der Waals surface area contributed by atoms with Crippen molar-refractivity contribution in [2.24, 2.45) is 11.3 Å². The molecule has 0 saturated carbocycles. The Morgan fingerprint density at radius 2 is 1.59 bits per heavy atom. The minimum Gasteiger partial charge on any atom is -0.469 e. The maximum atomic E-state index is 11.7. The van der Waals surface area contributed by atoms with Gasteiger partial charge in [0.05, 0.1) is 18.9 Å². The molecule has 0 radical (unpaired) electrons. The van der Waals surface area contributed by atoms with E-state index >= 15 is 0 Å². The van der Waals surface area contributed by atoms with Crippen molar-refractivity contribution in [3.05, 3.63) is 0 Å². The van der Waals surface area contributed by atoms with Gasteiger partial charge < -0.3 is 4.74 Å². The van der Waals surface area contributed by atoms with Gasteiger partial charge in [0, 0.05) is 0 Å². The molecule has 0 aliphatic heterocycles. The number of rotatable bonds is 7. The number of hydrogen-bond acceptors (Lipinski definition) is 4. The van der Waals surface area contributed by atoms with E-state index in [1.807, 2.05) is 13.8 Å². The first-order valence-corrected chi connectivity index (χ1v) is 5.85. The zero-order valence-electron chi connectivity index (χ0n) is 11.3. The molecule has 0 atom stereocenters. The third-order valence-electron chi connectivity index (χ3n) is 3.17. The number of methoxy groups -OCH3 is 1. The van der Waals surface area contributed by atoms with E-state index in [1.54, 1.807) is 0 Å². The Bertz CT molecular complexity index is 291. The largest absolute Gasteiger partial charge is 0.469 e. The van der Waals surface area contributed by atoms with E-state index < -0.39 is 11.4 Å². The van der Waals surface area contributed by atoms with Crippen molar-refractivity contribution >= 4 is 17.5 Å². The van der Waals surface area contributed by atoms with Gasteiger partial charge in [-0.1, -0.05) is 13.8 Å². The van der Waals surface area contributed by atoms with E-state index in [9.17, 15) is 14.4 Å². The van der Waals surface area contributed by atoms with Gasteiger partial charge in [-0.15, -0.1) is 0 Å². The first-order chi connectivity index (χ1) is 7.76. The molecule has 4 nitrogen and oxygen atoms in total. The number of ether oxygens (including phenoxy) is 1. The third-order valence-corrected chi connectivity index (χ3v) is 3.17. The second kappa shape index (κ2) is 6.52. The average Bonchev–Trinajstić information content (AvgIpc) is 2.22. The fraction of sp³-hybridized carbons (Fsp3) is 0.769. The molecule has 0 aliphatic carbocycles. The number of hydrogen-bond donors (Lipinski definition) is 0.